The largest absolute Gasteiger partial charge is 0.350 e. The second-order valence-corrected chi connectivity index (χ2v) is 6.09. The Balaban J connectivity index is 1.81. The van der Waals surface area contributed by atoms with Crippen molar-refractivity contribution >= 4 is 22.7 Å². The normalized spacial score (nSPS) is 11.9. The number of H-pyrrole nitrogens is 1. The quantitative estimate of drug-likeness (QED) is 0.748. The molecule has 2 amide bonds. The van der Waals surface area contributed by atoms with E-state index in [1.54, 1.807) is 38.6 Å². The van der Waals surface area contributed by atoms with Crippen molar-refractivity contribution < 1.29 is 9.59 Å². The lowest BCUT2D eigenvalue weighted by atomic mass is 10.0. The number of fused-ring (bicyclic) bond motifs is 1. The number of pyridine rings is 1. The molecule has 0 saturated carbocycles. The number of aromatic amines is 1. The molecule has 2 aromatic heterocycles. The van der Waals surface area contributed by atoms with Gasteiger partial charge in [-0.15, -0.1) is 0 Å². The van der Waals surface area contributed by atoms with Gasteiger partial charge in [-0.3, -0.25) is 14.6 Å². The molecule has 6 heteroatoms. The lowest BCUT2D eigenvalue weighted by molar-refractivity contribution is -0.130. The van der Waals surface area contributed by atoms with Gasteiger partial charge in [0, 0.05) is 43.8 Å². The predicted molar refractivity (Wildman–Crippen MR) is 96.2 cm³/mol. The summed E-state index contributed by atoms with van der Waals surface area (Å²) < 4.78 is 0. The van der Waals surface area contributed by atoms with E-state index in [-0.39, 0.29) is 11.8 Å². The molecule has 3 aromatic rings. The highest BCUT2D eigenvalue weighted by molar-refractivity contribution is 6.00. The number of carbonyl (C=O) groups excluding carboxylic acids is 2. The van der Waals surface area contributed by atoms with Crippen LogP contribution in [-0.2, 0) is 11.2 Å². The molecule has 0 aliphatic carbocycles. The Hall–Kier alpha value is -3.15. The Kier molecular flexibility index (Phi) is 4.79. The average Bonchev–Trinajstić information content (AvgIpc) is 3.05. The van der Waals surface area contributed by atoms with Crippen LogP contribution in [0.5, 0.6) is 0 Å². The Morgan fingerprint density at radius 3 is 2.64 bits per heavy atom. The molecule has 0 aliphatic heterocycles. The molecule has 0 spiro atoms. The summed E-state index contributed by atoms with van der Waals surface area (Å²) in [6.07, 6.45) is 3.79. The maximum atomic E-state index is 12.6. The zero-order valence-corrected chi connectivity index (χ0v) is 14.2. The van der Waals surface area contributed by atoms with Gasteiger partial charge in [0.15, 0.2) is 0 Å². The predicted octanol–water partition coefficient (Wildman–Crippen LogP) is 1.99. The Labute approximate surface area is 145 Å². The van der Waals surface area contributed by atoms with E-state index in [0.29, 0.717) is 12.1 Å². The van der Waals surface area contributed by atoms with Crippen molar-refractivity contribution in [2.24, 2.45) is 0 Å². The minimum absolute atomic E-state index is 0.144. The second-order valence-electron chi connectivity index (χ2n) is 6.09. The zero-order chi connectivity index (χ0) is 17.8. The van der Waals surface area contributed by atoms with Crippen molar-refractivity contribution in [1.82, 2.24) is 20.2 Å². The summed E-state index contributed by atoms with van der Waals surface area (Å²) in [6.45, 7) is 0. The summed E-state index contributed by atoms with van der Waals surface area (Å²) in [5, 5.41) is 3.70. The van der Waals surface area contributed by atoms with Gasteiger partial charge in [-0.2, -0.15) is 0 Å². The Morgan fingerprint density at radius 1 is 1.20 bits per heavy atom. The summed E-state index contributed by atoms with van der Waals surface area (Å²) in [7, 11) is 3.36. The van der Waals surface area contributed by atoms with Crippen molar-refractivity contribution in [3.05, 3.63) is 66.1 Å². The van der Waals surface area contributed by atoms with E-state index in [9.17, 15) is 9.59 Å². The molecule has 3 rings (SSSR count). The van der Waals surface area contributed by atoms with Gasteiger partial charge in [-0.05, 0) is 17.7 Å². The standard InChI is InChI=1S/C19H20N4O2/c1-23(2)19(25)17(10-13-6-4-3-5-7-13)22-18(24)16-11-14-12-20-9-8-15(14)21-16/h3-9,11-12,17,21H,10H2,1-2H3,(H,22,24)/t17-/m0/s1. The number of amides is 2. The fraction of sp³-hybridized carbons (Fsp3) is 0.211. The minimum atomic E-state index is -0.630. The first-order valence-electron chi connectivity index (χ1n) is 8.03. The molecule has 6 nitrogen and oxygen atoms in total. The number of nitrogens with zero attached hydrogens (tertiary/aromatic N) is 2. The molecule has 2 N–H and O–H groups in total. The first kappa shape index (κ1) is 16.7. The topological polar surface area (TPSA) is 78.1 Å². The van der Waals surface area contributed by atoms with E-state index in [0.717, 1.165) is 16.5 Å². The zero-order valence-electron chi connectivity index (χ0n) is 14.2. The molecule has 1 aromatic carbocycles. The lowest BCUT2D eigenvalue weighted by Crippen LogP contribution is -2.47. The average molecular weight is 336 g/mol. The molecule has 0 unspecified atom stereocenters. The first-order valence-corrected chi connectivity index (χ1v) is 8.03. The van der Waals surface area contributed by atoms with Gasteiger partial charge in [0.2, 0.25) is 5.91 Å². The number of carbonyl (C=O) groups is 2. The van der Waals surface area contributed by atoms with Crippen LogP contribution < -0.4 is 5.32 Å². The maximum Gasteiger partial charge on any atom is 0.268 e. The van der Waals surface area contributed by atoms with Crippen molar-refractivity contribution in [3.63, 3.8) is 0 Å². The molecular weight excluding hydrogens is 316 g/mol. The Morgan fingerprint density at radius 2 is 1.96 bits per heavy atom. The molecular formula is C19H20N4O2. The van der Waals surface area contributed by atoms with E-state index in [1.165, 1.54) is 4.90 Å². The molecule has 1 atom stereocenters. The van der Waals surface area contributed by atoms with Gasteiger partial charge in [0.25, 0.3) is 5.91 Å². The van der Waals surface area contributed by atoms with Crippen LogP contribution >= 0.6 is 0 Å². The van der Waals surface area contributed by atoms with Gasteiger partial charge in [0.1, 0.15) is 11.7 Å². The van der Waals surface area contributed by atoms with Crippen LogP contribution in [0.1, 0.15) is 16.1 Å². The third-order valence-electron chi connectivity index (χ3n) is 3.99. The van der Waals surface area contributed by atoms with Crippen molar-refractivity contribution in [2.75, 3.05) is 14.1 Å². The highest BCUT2D eigenvalue weighted by Gasteiger charge is 2.24. The second kappa shape index (κ2) is 7.17. The highest BCUT2D eigenvalue weighted by atomic mass is 16.2. The summed E-state index contributed by atoms with van der Waals surface area (Å²) >= 11 is 0. The van der Waals surface area contributed by atoms with Crippen molar-refractivity contribution in [2.45, 2.75) is 12.5 Å². The monoisotopic (exact) mass is 336 g/mol. The molecule has 128 valence electrons. The first-order chi connectivity index (χ1) is 12.0. The highest BCUT2D eigenvalue weighted by Crippen LogP contribution is 2.14. The number of likely N-dealkylation sites (N-methyl/N-ethyl adjacent to an activating group) is 1. The number of aromatic nitrogens is 2. The van der Waals surface area contributed by atoms with E-state index in [4.69, 9.17) is 0 Å². The molecule has 0 bridgehead atoms. The third-order valence-corrected chi connectivity index (χ3v) is 3.99. The number of hydrogen-bond donors (Lipinski definition) is 2. The van der Waals surface area contributed by atoms with Gasteiger partial charge in [-0.25, -0.2) is 0 Å². The summed E-state index contributed by atoms with van der Waals surface area (Å²) in [5.74, 6) is -0.456. The fourth-order valence-corrected chi connectivity index (χ4v) is 2.69. The van der Waals surface area contributed by atoms with Crippen LogP contribution in [0.15, 0.2) is 54.9 Å². The SMILES string of the molecule is CN(C)C(=O)[C@H](Cc1ccccc1)NC(=O)c1cc2cnccc2[nH]1. The van der Waals surface area contributed by atoms with E-state index in [1.807, 2.05) is 30.3 Å². The van der Waals surface area contributed by atoms with Crippen LogP contribution in [-0.4, -0.2) is 46.8 Å². The molecule has 2 heterocycles. The van der Waals surface area contributed by atoms with Gasteiger partial charge < -0.3 is 15.2 Å². The van der Waals surface area contributed by atoms with Crippen LogP contribution in [0, 0.1) is 0 Å². The molecule has 25 heavy (non-hydrogen) atoms. The summed E-state index contributed by atoms with van der Waals surface area (Å²) in [5.41, 5.74) is 2.23. The minimum Gasteiger partial charge on any atom is -0.350 e. The molecule has 0 aliphatic rings. The van der Waals surface area contributed by atoms with Crippen LogP contribution in [0.25, 0.3) is 10.9 Å². The van der Waals surface area contributed by atoms with Crippen LogP contribution in [0.3, 0.4) is 0 Å². The fourth-order valence-electron chi connectivity index (χ4n) is 2.69. The summed E-state index contributed by atoms with van der Waals surface area (Å²) in [6, 6.07) is 12.5. The van der Waals surface area contributed by atoms with Crippen molar-refractivity contribution in [3.8, 4) is 0 Å². The van der Waals surface area contributed by atoms with Gasteiger partial charge in [0.05, 0.1) is 0 Å². The van der Waals surface area contributed by atoms with Crippen LogP contribution in [0.2, 0.25) is 0 Å². The number of hydrogen-bond acceptors (Lipinski definition) is 3. The smallest absolute Gasteiger partial charge is 0.268 e. The van der Waals surface area contributed by atoms with Gasteiger partial charge in [-0.1, -0.05) is 30.3 Å². The summed E-state index contributed by atoms with van der Waals surface area (Å²) in [4.78, 5) is 33.7. The molecule has 0 saturated heterocycles. The molecule has 0 radical (unpaired) electrons. The van der Waals surface area contributed by atoms with E-state index >= 15 is 0 Å². The number of rotatable bonds is 5. The van der Waals surface area contributed by atoms with Crippen molar-refractivity contribution in [1.29, 1.82) is 0 Å². The molecule has 0 fully saturated rings. The van der Waals surface area contributed by atoms with Gasteiger partial charge >= 0.3 is 0 Å². The number of nitrogens with one attached hydrogen (secondary N) is 2. The van der Waals surface area contributed by atoms with E-state index < -0.39 is 6.04 Å². The number of benzene rings is 1. The van der Waals surface area contributed by atoms with Crippen LogP contribution in [0.4, 0.5) is 0 Å². The van der Waals surface area contributed by atoms with E-state index in [2.05, 4.69) is 15.3 Å². The maximum absolute atomic E-state index is 12.6. The Bertz CT molecular complexity index is 854. The third kappa shape index (κ3) is 3.85. The lowest BCUT2D eigenvalue weighted by Gasteiger charge is -2.21.